The standard InChI is InChI=1S/C25H22ClN3O2/c1-17(21-10-6-7-11-23(21)26)31-25(30)28-24-22(16-27-29(24)2)20-14-12-19(13-15-20)18-8-4-3-5-9-18/h3-17H,1-2H3,(H,28,30). The summed E-state index contributed by atoms with van der Waals surface area (Å²) in [7, 11) is 1.77. The number of hydrogen-bond donors (Lipinski definition) is 1. The molecule has 1 aromatic heterocycles. The minimum Gasteiger partial charge on any atom is -0.441 e. The van der Waals surface area contributed by atoms with E-state index in [1.165, 1.54) is 0 Å². The van der Waals surface area contributed by atoms with Crippen molar-refractivity contribution in [2.75, 3.05) is 5.32 Å². The Hall–Kier alpha value is -3.57. The van der Waals surface area contributed by atoms with Gasteiger partial charge in [-0.3, -0.25) is 10.00 Å². The van der Waals surface area contributed by atoms with Crippen LogP contribution >= 0.6 is 11.6 Å². The minimum atomic E-state index is -0.571. The maximum atomic E-state index is 12.6. The Morgan fingerprint density at radius 1 is 0.935 bits per heavy atom. The Bertz CT molecular complexity index is 1190. The first-order valence-electron chi connectivity index (χ1n) is 9.93. The molecule has 0 spiro atoms. The van der Waals surface area contributed by atoms with Crippen LogP contribution in [0.2, 0.25) is 5.02 Å². The third kappa shape index (κ3) is 4.62. The lowest BCUT2D eigenvalue weighted by Crippen LogP contribution is -2.18. The van der Waals surface area contributed by atoms with Crippen molar-refractivity contribution in [3.63, 3.8) is 0 Å². The molecule has 6 heteroatoms. The molecular formula is C25H22ClN3O2. The van der Waals surface area contributed by atoms with Crippen molar-refractivity contribution < 1.29 is 9.53 Å². The fraction of sp³-hybridized carbons (Fsp3) is 0.120. The van der Waals surface area contributed by atoms with Gasteiger partial charge in [-0.2, -0.15) is 5.10 Å². The molecule has 3 aromatic carbocycles. The zero-order chi connectivity index (χ0) is 21.8. The van der Waals surface area contributed by atoms with E-state index in [1.54, 1.807) is 30.9 Å². The number of ether oxygens (including phenoxy) is 1. The number of benzene rings is 3. The molecule has 1 unspecified atom stereocenters. The van der Waals surface area contributed by atoms with Crippen LogP contribution < -0.4 is 5.32 Å². The van der Waals surface area contributed by atoms with Gasteiger partial charge in [0.1, 0.15) is 11.9 Å². The molecule has 0 radical (unpaired) electrons. The van der Waals surface area contributed by atoms with Crippen LogP contribution in [0.3, 0.4) is 0 Å². The molecule has 1 N–H and O–H groups in total. The molecule has 0 saturated heterocycles. The van der Waals surface area contributed by atoms with Gasteiger partial charge in [0.15, 0.2) is 0 Å². The number of nitrogens with zero attached hydrogens (tertiary/aromatic N) is 2. The average Bonchev–Trinajstić information content (AvgIpc) is 3.14. The zero-order valence-corrected chi connectivity index (χ0v) is 18.0. The highest BCUT2D eigenvalue weighted by Crippen LogP contribution is 2.31. The summed E-state index contributed by atoms with van der Waals surface area (Å²) in [5, 5.41) is 7.68. The van der Waals surface area contributed by atoms with Crippen LogP contribution in [0, 0.1) is 0 Å². The monoisotopic (exact) mass is 431 g/mol. The Morgan fingerprint density at radius 3 is 2.26 bits per heavy atom. The second-order valence-corrected chi connectivity index (χ2v) is 7.58. The maximum Gasteiger partial charge on any atom is 0.413 e. The van der Waals surface area contributed by atoms with Crippen LogP contribution in [0.15, 0.2) is 85.1 Å². The normalized spacial score (nSPS) is 11.7. The van der Waals surface area contributed by atoms with Crippen LogP contribution in [0.1, 0.15) is 18.6 Å². The van der Waals surface area contributed by atoms with Crippen LogP contribution in [0.4, 0.5) is 10.6 Å². The first-order chi connectivity index (χ1) is 15.0. The molecule has 4 rings (SSSR count). The summed E-state index contributed by atoms with van der Waals surface area (Å²) in [5.41, 5.74) is 4.78. The van der Waals surface area contributed by atoms with Gasteiger partial charge in [-0.15, -0.1) is 0 Å². The molecule has 4 aromatic rings. The molecule has 0 saturated carbocycles. The number of amides is 1. The van der Waals surface area contributed by atoms with Crippen molar-refractivity contribution in [1.29, 1.82) is 0 Å². The first-order valence-corrected chi connectivity index (χ1v) is 10.3. The molecule has 1 amide bonds. The number of aryl methyl sites for hydroxylation is 1. The van der Waals surface area contributed by atoms with Crippen LogP contribution in [-0.2, 0) is 11.8 Å². The number of carbonyl (C=O) groups excluding carboxylic acids is 1. The van der Waals surface area contributed by atoms with E-state index in [-0.39, 0.29) is 0 Å². The van der Waals surface area contributed by atoms with Crippen molar-refractivity contribution in [2.24, 2.45) is 7.05 Å². The molecule has 0 aliphatic heterocycles. The Morgan fingerprint density at radius 2 is 1.55 bits per heavy atom. The van der Waals surface area contributed by atoms with Gasteiger partial charge in [0, 0.05) is 23.2 Å². The third-order valence-corrected chi connectivity index (χ3v) is 5.43. The topological polar surface area (TPSA) is 56.1 Å². The smallest absolute Gasteiger partial charge is 0.413 e. The van der Waals surface area contributed by atoms with Crippen molar-refractivity contribution in [3.05, 3.63) is 95.6 Å². The lowest BCUT2D eigenvalue weighted by Gasteiger charge is -2.16. The molecule has 31 heavy (non-hydrogen) atoms. The highest BCUT2D eigenvalue weighted by atomic mass is 35.5. The Labute approximate surface area is 186 Å². The number of carbonyl (C=O) groups is 1. The SMILES string of the molecule is CC(OC(=O)Nc1c(-c2ccc(-c3ccccc3)cc2)cnn1C)c1ccccc1Cl. The van der Waals surface area contributed by atoms with Gasteiger partial charge >= 0.3 is 6.09 Å². The van der Waals surface area contributed by atoms with E-state index in [9.17, 15) is 4.79 Å². The second-order valence-electron chi connectivity index (χ2n) is 7.17. The lowest BCUT2D eigenvalue weighted by atomic mass is 10.0. The number of anilines is 1. The van der Waals surface area contributed by atoms with Gasteiger partial charge in [-0.25, -0.2) is 4.79 Å². The highest BCUT2D eigenvalue weighted by molar-refractivity contribution is 6.31. The highest BCUT2D eigenvalue weighted by Gasteiger charge is 2.18. The summed E-state index contributed by atoms with van der Waals surface area (Å²) in [5.74, 6) is 0.559. The Balaban J connectivity index is 1.51. The zero-order valence-electron chi connectivity index (χ0n) is 17.2. The van der Waals surface area contributed by atoms with Gasteiger partial charge in [-0.1, -0.05) is 84.4 Å². The van der Waals surface area contributed by atoms with Crippen molar-refractivity contribution >= 4 is 23.5 Å². The summed E-state index contributed by atoms with van der Waals surface area (Å²) in [4.78, 5) is 12.6. The van der Waals surface area contributed by atoms with Crippen molar-refractivity contribution in [1.82, 2.24) is 9.78 Å². The number of aromatic nitrogens is 2. The van der Waals surface area contributed by atoms with E-state index in [2.05, 4.69) is 34.7 Å². The summed E-state index contributed by atoms with van der Waals surface area (Å²) >= 11 is 6.21. The van der Waals surface area contributed by atoms with E-state index in [0.717, 1.165) is 27.8 Å². The van der Waals surface area contributed by atoms with Crippen LogP contribution in [0.5, 0.6) is 0 Å². The predicted octanol–water partition coefficient (Wildman–Crippen LogP) is 6.72. The third-order valence-electron chi connectivity index (χ3n) is 5.09. The summed E-state index contributed by atoms with van der Waals surface area (Å²) in [6, 6.07) is 25.6. The van der Waals surface area contributed by atoms with Gasteiger partial charge in [0.05, 0.1) is 6.20 Å². The van der Waals surface area contributed by atoms with Gasteiger partial charge in [0.25, 0.3) is 0 Å². The fourth-order valence-electron chi connectivity index (χ4n) is 3.42. The lowest BCUT2D eigenvalue weighted by molar-refractivity contribution is 0.121. The fourth-order valence-corrected chi connectivity index (χ4v) is 3.71. The largest absolute Gasteiger partial charge is 0.441 e. The van der Waals surface area contributed by atoms with E-state index >= 15 is 0 Å². The number of nitrogens with one attached hydrogen (secondary N) is 1. The minimum absolute atomic E-state index is 0.490. The van der Waals surface area contributed by atoms with E-state index in [1.807, 2.05) is 48.5 Å². The molecule has 5 nitrogen and oxygen atoms in total. The quantitative estimate of drug-likeness (QED) is 0.381. The van der Waals surface area contributed by atoms with E-state index in [4.69, 9.17) is 16.3 Å². The van der Waals surface area contributed by atoms with Gasteiger partial charge < -0.3 is 4.74 Å². The van der Waals surface area contributed by atoms with Crippen molar-refractivity contribution in [3.8, 4) is 22.3 Å². The van der Waals surface area contributed by atoms with Crippen molar-refractivity contribution in [2.45, 2.75) is 13.0 Å². The molecular weight excluding hydrogens is 410 g/mol. The summed E-state index contributed by atoms with van der Waals surface area (Å²) in [6.07, 6.45) is 0.665. The van der Waals surface area contributed by atoms with Crippen LogP contribution in [0.25, 0.3) is 22.3 Å². The second kappa shape index (κ2) is 9.06. The summed E-state index contributed by atoms with van der Waals surface area (Å²) < 4.78 is 7.15. The molecule has 0 aliphatic rings. The first kappa shape index (κ1) is 20.7. The maximum absolute atomic E-state index is 12.6. The molecule has 156 valence electrons. The molecule has 0 aliphatic carbocycles. The molecule has 0 bridgehead atoms. The van der Waals surface area contributed by atoms with E-state index in [0.29, 0.717) is 10.8 Å². The summed E-state index contributed by atoms with van der Waals surface area (Å²) in [6.45, 7) is 1.78. The van der Waals surface area contributed by atoms with E-state index < -0.39 is 12.2 Å². The number of halogens is 1. The number of rotatable bonds is 5. The molecule has 1 heterocycles. The number of hydrogen-bond acceptors (Lipinski definition) is 3. The average molecular weight is 432 g/mol. The molecule has 0 fully saturated rings. The van der Waals surface area contributed by atoms with Gasteiger partial charge in [0.2, 0.25) is 0 Å². The Kier molecular flexibility index (Phi) is 6.05. The predicted molar refractivity (Wildman–Crippen MR) is 124 cm³/mol. The van der Waals surface area contributed by atoms with Crippen LogP contribution in [-0.4, -0.2) is 15.9 Å². The van der Waals surface area contributed by atoms with Gasteiger partial charge in [-0.05, 0) is 29.7 Å². The molecule has 1 atom stereocenters.